The molecule has 2 N–H and O–H groups in total. The average Bonchev–Trinajstić information content (AvgIpc) is 2.55. The number of ether oxygens (including phenoxy) is 1. The zero-order valence-electron chi connectivity index (χ0n) is 13.7. The number of amides is 2. The van der Waals surface area contributed by atoms with E-state index >= 15 is 0 Å². The van der Waals surface area contributed by atoms with Crippen LogP contribution in [-0.4, -0.2) is 30.5 Å². The molecule has 1 aromatic carbocycles. The lowest BCUT2D eigenvalue weighted by Gasteiger charge is -2.36. The predicted molar refractivity (Wildman–Crippen MR) is 84.5 cm³/mol. The fourth-order valence-electron chi connectivity index (χ4n) is 2.93. The van der Waals surface area contributed by atoms with Gasteiger partial charge in [0, 0.05) is 12.6 Å². The summed E-state index contributed by atoms with van der Waals surface area (Å²) in [4.78, 5) is 24.5. The third-order valence-electron chi connectivity index (χ3n) is 4.11. The van der Waals surface area contributed by atoms with Crippen molar-refractivity contribution in [2.24, 2.45) is 0 Å². The van der Waals surface area contributed by atoms with Gasteiger partial charge in [-0.05, 0) is 31.9 Å². The Morgan fingerprint density at radius 2 is 1.92 bits per heavy atom. The van der Waals surface area contributed by atoms with E-state index in [0.717, 1.165) is 31.4 Å². The number of hydrogen-bond acceptors (Lipinski definition) is 3. The maximum absolute atomic E-state index is 13.5. The number of benzene rings is 1. The molecule has 0 radical (unpaired) electrons. The van der Waals surface area contributed by atoms with Gasteiger partial charge in [0.25, 0.3) is 5.91 Å². The van der Waals surface area contributed by atoms with Crippen LogP contribution in [0.4, 0.5) is 8.78 Å². The number of carbonyl (C=O) groups is 2. The second kappa shape index (κ2) is 8.08. The molecule has 1 aliphatic rings. The number of likely N-dealkylation sites (N-methyl/N-ethyl adjacent to an activating group) is 1. The molecule has 0 heterocycles. The normalized spacial score (nSPS) is 16.3. The van der Waals surface area contributed by atoms with Crippen molar-refractivity contribution in [2.45, 2.75) is 44.6 Å². The van der Waals surface area contributed by atoms with E-state index in [0.29, 0.717) is 25.5 Å². The van der Waals surface area contributed by atoms with Gasteiger partial charge in [-0.3, -0.25) is 9.59 Å². The highest BCUT2D eigenvalue weighted by Crippen LogP contribution is 2.28. The minimum Gasteiger partial charge on any atom is -0.481 e. The van der Waals surface area contributed by atoms with Crippen LogP contribution in [0.25, 0.3) is 0 Å². The Kier molecular flexibility index (Phi) is 6.11. The predicted octanol–water partition coefficient (Wildman–Crippen LogP) is 2.30. The summed E-state index contributed by atoms with van der Waals surface area (Å²) in [5, 5.41) is 5.50. The molecule has 2 rings (SSSR count). The van der Waals surface area contributed by atoms with E-state index in [9.17, 15) is 18.4 Å². The first-order valence-electron chi connectivity index (χ1n) is 8.14. The molecule has 0 atom stereocenters. The van der Waals surface area contributed by atoms with Crippen LogP contribution in [0.2, 0.25) is 0 Å². The fourth-order valence-corrected chi connectivity index (χ4v) is 2.93. The summed E-state index contributed by atoms with van der Waals surface area (Å²) in [6.45, 7) is 1.86. The molecule has 0 aliphatic heterocycles. The minimum atomic E-state index is -0.934. The number of halogens is 2. The van der Waals surface area contributed by atoms with Crippen molar-refractivity contribution in [3.05, 3.63) is 29.8 Å². The molecule has 1 saturated carbocycles. The monoisotopic (exact) mass is 340 g/mol. The number of carbonyl (C=O) groups excluding carboxylic acids is 2. The van der Waals surface area contributed by atoms with Crippen LogP contribution >= 0.6 is 0 Å². The Hall–Kier alpha value is -2.18. The lowest BCUT2D eigenvalue weighted by atomic mass is 9.80. The summed E-state index contributed by atoms with van der Waals surface area (Å²) in [6, 6.07) is 2.86. The van der Waals surface area contributed by atoms with Gasteiger partial charge < -0.3 is 15.4 Å². The van der Waals surface area contributed by atoms with Crippen LogP contribution in [0.5, 0.6) is 5.75 Å². The molecule has 0 spiro atoms. The van der Waals surface area contributed by atoms with Crippen molar-refractivity contribution in [3.63, 3.8) is 0 Å². The summed E-state index contributed by atoms with van der Waals surface area (Å²) in [5.41, 5.74) is -0.934. The van der Waals surface area contributed by atoms with E-state index in [2.05, 4.69) is 10.6 Å². The Bertz CT molecular complexity index is 601. The van der Waals surface area contributed by atoms with Crippen molar-refractivity contribution < 1.29 is 23.1 Å². The summed E-state index contributed by atoms with van der Waals surface area (Å²) in [5.74, 6) is -2.51. The highest BCUT2D eigenvalue weighted by molar-refractivity contribution is 5.92. The van der Waals surface area contributed by atoms with Crippen LogP contribution in [-0.2, 0) is 9.59 Å². The molecule has 24 heavy (non-hydrogen) atoms. The lowest BCUT2D eigenvalue weighted by Crippen LogP contribution is -2.60. The molecule has 1 aliphatic carbocycles. The van der Waals surface area contributed by atoms with Crippen molar-refractivity contribution in [2.75, 3.05) is 13.2 Å². The maximum atomic E-state index is 13.5. The van der Waals surface area contributed by atoms with Crippen molar-refractivity contribution >= 4 is 11.8 Å². The molecule has 2 amide bonds. The second-order valence-corrected chi connectivity index (χ2v) is 5.91. The third-order valence-corrected chi connectivity index (χ3v) is 4.11. The zero-order valence-corrected chi connectivity index (χ0v) is 13.7. The largest absolute Gasteiger partial charge is 0.481 e. The lowest BCUT2D eigenvalue weighted by molar-refractivity contribution is -0.135. The minimum absolute atomic E-state index is 0.203. The van der Waals surface area contributed by atoms with Gasteiger partial charge in [0.05, 0.1) is 0 Å². The maximum Gasteiger partial charge on any atom is 0.258 e. The SMILES string of the molecule is CCNC(=O)C1(NC(=O)COc2ccc(F)cc2F)CCCCC1. The van der Waals surface area contributed by atoms with Gasteiger partial charge in [-0.25, -0.2) is 8.78 Å². The quantitative estimate of drug-likeness (QED) is 0.835. The van der Waals surface area contributed by atoms with Gasteiger partial charge in [-0.1, -0.05) is 19.3 Å². The highest BCUT2D eigenvalue weighted by Gasteiger charge is 2.40. The van der Waals surface area contributed by atoms with Crippen molar-refractivity contribution in [1.82, 2.24) is 10.6 Å². The zero-order chi connectivity index (χ0) is 17.6. The average molecular weight is 340 g/mol. The summed E-state index contributed by atoms with van der Waals surface area (Å²) < 4.78 is 31.4. The fraction of sp³-hybridized carbons (Fsp3) is 0.529. The molecule has 7 heteroatoms. The van der Waals surface area contributed by atoms with E-state index in [1.54, 1.807) is 0 Å². The summed E-state index contributed by atoms with van der Waals surface area (Å²) in [7, 11) is 0. The summed E-state index contributed by atoms with van der Waals surface area (Å²) >= 11 is 0. The molecular weight excluding hydrogens is 318 g/mol. The third kappa shape index (κ3) is 4.43. The van der Waals surface area contributed by atoms with E-state index in [1.165, 1.54) is 0 Å². The first-order chi connectivity index (χ1) is 11.5. The van der Waals surface area contributed by atoms with Gasteiger partial charge in [0.1, 0.15) is 11.4 Å². The van der Waals surface area contributed by atoms with Gasteiger partial charge in [0.15, 0.2) is 18.2 Å². The van der Waals surface area contributed by atoms with Gasteiger partial charge in [-0.2, -0.15) is 0 Å². The van der Waals surface area contributed by atoms with Crippen molar-refractivity contribution in [3.8, 4) is 5.75 Å². The Morgan fingerprint density at radius 1 is 1.21 bits per heavy atom. The molecule has 0 bridgehead atoms. The molecule has 5 nitrogen and oxygen atoms in total. The number of hydrogen-bond donors (Lipinski definition) is 2. The summed E-state index contributed by atoms with van der Waals surface area (Å²) in [6.07, 6.45) is 3.86. The molecule has 132 valence electrons. The van der Waals surface area contributed by atoms with Crippen LogP contribution in [0.3, 0.4) is 0 Å². The number of rotatable bonds is 6. The second-order valence-electron chi connectivity index (χ2n) is 5.91. The first kappa shape index (κ1) is 18.2. The van der Waals surface area contributed by atoms with Gasteiger partial charge in [0.2, 0.25) is 5.91 Å². The van der Waals surface area contributed by atoms with Crippen molar-refractivity contribution in [1.29, 1.82) is 0 Å². The Morgan fingerprint density at radius 3 is 2.54 bits per heavy atom. The van der Waals surface area contributed by atoms with Gasteiger partial charge >= 0.3 is 0 Å². The van der Waals surface area contributed by atoms with E-state index in [1.807, 2.05) is 6.92 Å². The van der Waals surface area contributed by atoms with E-state index in [-0.39, 0.29) is 11.7 Å². The van der Waals surface area contributed by atoms with Crippen LogP contribution in [0.1, 0.15) is 39.0 Å². The molecule has 0 saturated heterocycles. The smallest absolute Gasteiger partial charge is 0.258 e. The standard InChI is InChI=1S/C17H22F2N2O3/c1-2-20-16(23)17(8-4-3-5-9-17)21-15(22)11-24-14-7-6-12(18)10-13(14)19/h6-7,10H,2-5,8-9,11H2,1H3,(H,20,23)(H,21,22). The van der Waals surface area contributed by atoms with Crippen LogP contribution in [0, 0.1) is 11.6 Å². The van der Waals surface area contributed by atoms with E-state index < -0.39 is 29.7 Å². The Labute approximate surface area is 139 Å². The Balaban J connectivity index is 1.98. The topological polar surface area (TPSA) is 67.4 Å². The molecule has 0 aromatic heterocycles. The van der Waals surface area contributed by atoms with E-state index in [4.69, 9.17) is 4.74 Å². The van der Waals surface area contributed by atoms with Crippen LogP contribution < -0.4 is 15.4 Å². The highest BCUT2D eigenvalue weighted by atomic mass is 19.1. The van der Waals surface area contributed by atoms with Gasteiger partial charge in [-0.15, -0.1) is 0 Å². The molecular formula is C17H22F2N2O3. The van der Waals surface area contributed by atoms with Crippen LogP contribution in [0.15, 0.2) is 18.2 Å². The first-order valence-corrected chi connectivity index (χ1v) is 8.14. The number of nitrogens with one attached hydrogen (secondary N) is 2. The molecule has 1 aromatic rings. The molecule has 1 fully saturated rings. The molecule has 0 unspecified atom stereocenters.